The van der Waals surface area contributed by atoms with Gasteiger partial charge < -0.3 is 5.32 Å². The average molecular weight is 306 g/mol. The van der Waals surface area contributed by atoms with E-state index in [1.807, 2.05) is 6.07 Å². The molecule has 0 aliphatic rings. The molecule has 2 rings (SSSR count). The molecule has 0 atom stereocenters. The van der Waals surface area contributed by atoms with Gasteiger partial charge in [0, 0.05) is 6.54 Å². The summed E-state index contributed by atoms with van der Waals surface area (Å²) >= 11 is 5.96. The third-order valence-electron chi connectivity index (χ3n) is 2.84. The van der Waals surface area contributed by atoms with Crippen molar-refractivity contribution in [3.05, 3.63) is 57.2 Å². The molecule has 0 unspecified atom stereocenters. The van der Waals surface area contributed by atoms with Gasteiger partial charge in [-0.25, -0.2) is 9.07 Å². The standard InChI is InChI=1S/C15H13ClFN3O/c1-2-8-20-15(21)14(13(16)10-19-20)18-7-6-11-4-3-5-12(17)9-11/h1,3-5,9-10,18H,6-8H2. The van der Waals surface area contributed by atoms with E-state index in [4.69, 9.17) is 18.0 Å². The molecule has 0 radical (unpaired) electrons. The number of rotatable bonds is 5. The molecule has 2 aromatic rings. The van der Waals surface area contributed by atoms with Crippen LogP contribution in [0.5, 0.6) is 0 Å². The minimum Gasteiger partial charge on any atom is -0.379 e. The highest BCUT2D eigenvalue weighted by Gasteiger charge is 2.09. The Labute approximate surface area is 126 Å². The van der Waals surface area contributed by atoms with E-state index in [9.17, 15) is 9.18 Å². The fraction of sp³-hybridized carbons (Fsp3) is 0.200. The van der Waals surface area contributed by atoms with Crippen LogP contribution in [0, 0.1) is 18.2 Å². The van der Waals surface area contributed by atoms with Gasteiger partial charge in [0.15, 0.2) is 0 Å². The number of halogens is 2. The van der Waals surface area contributed by atoms with Crippen molar-refractivity contribution < 1.29 is 4.39 Å². The first-order valence-electron chi connectivity index (χ1n) is 6.29. The third kappa shape index (κ3) is 3.83. The Morgan fingerprint density at radius 2 is 2.29 bits per heavy atom. The fourth-order valence-electron chi connectivity index (χ4n) is 1.85. The zero-order valence-electron chi connectivity index (χ0n) is 11.1. The maximum absolute atomic E-state index is 13.1. The molecule has 0 saturated heterocycles. The van der Waals surface area contributed by atoms with E-state index in [1.165, 1.54) is 18.3 Å². The molecule has 0 aliphatic heterocycles. The Balaban J connectivity index is 2.08. The molecule has 0 fully saturated rings. The highest BCUT2D eigenvalue weighted by Crippen LogP contribution is 2.15. The van der Waals surface area contributed by atoms with Crippen LogP contribution in [0.4, 0.5) is 10.1 Å². The zero-order chi connectivity index (χ0) is 15.2. The van der Waals surface area contributed by atoms with Crippen molar-refractivity contribution in [2.24, 2.45) is 0 Å². The fourth-order valence-corrected chi connectivity index (χ4v) is 2.04. The summed E-state index contributed by atoms with van der Waals surface area (Å²) in [4.78, 5) is 12.1. The van der Waals surface area contributed by atoms with Gasteiger partial charge in [0.05, 0.1) is 11.2 Å². The molecule has 0 aliphatic carbocycles. The minimum absolute atomic E-state index is 0.0780. The molecule has 1 aromatic heterocycles. The lowest BCUT2D eigenvalue weighted by Crippen LogP contribution is -2.26. The molecule has 0 amide bonds. The first-order valence-corrected chi connectivity index (χ1v) is 6.67. The summed E-state index contributed by atoms with van der Waals surface area (Å²) in [6.07, 6.45) is 7.10. The van der Waals surface area contributed by atoms with Gasteiger partial charge in [0.2, 0.25) is 0 Å². The molecule has 0 saturated carbocycles. The maximum atomic E-state index is 13.1. The van der Waals surface area contributed by atoms with Gasteiger partial charge in [0.1, 0.15) is 18.0 Å². The van der Waals surface area contributed by atoms with Crippen molar-refractivity contribution in [1.29, 1.82) is 0 Å². The second kappa shape index (κ2) is 6.91. The van der Waals surface area contributed by atoms with Crippen molar-refractivity contribution in [3.63, 3.8) is 0 Å². The molecule has 108 valence electrons. The van der Waals surface area contributed by atoms with Crippen LogP contribution in [-0.2, 0) is 13.0 Å². The molecule has 1 aromatic carbocycles. The molecule has 21 heavy (non-hydrogen) atoms. The lowest BCUT2D eigenvalue weighted by Gasteiger charge is -2.09. The van der Waals surface area contributed by atoms with Crippen LogP contribution in [0.25, 0.3) is 0 Å². The van der Waals surface area contributed by atoms with Gasteiger partial charge in [-0.2, -0.15) is 5.10 Å². The number of hydrogen-bond donors (Lipinski definition) is 1. The number of aromatic nitrogens is 2. The Bertz CT molecular complexity index is 736. The van der Waals surface area contributed by atoms with E-state index >= 15 is 0 Å². The van der Waals surface area contributed by atoms with Gasteiger partial charge in [-0.15, -0.1) is 6.42 Å². The zero-order valence-corrected chi connectivity index (χ0v) is 11.9. The molecule has 0 spiro atoms. The van der Waals surface area contributed by atoms with Crippen LogP contribution in [0.1, 0.15) is 5.56 Å². The predicted octanol–water partition coefficient (Wildman–Crippen LogP) is 2.32. The number of nitrogens with zero attached hydrogens (tertiary/aromatic N) is 2. The largest absolute Gasteiger partial charge is 0.379 e. The summed E-state index contributed by atoms with van der Waals surface area (Å²) in [7, 11) is 0. The van der Waals surface area contributed by atoms with Crippen molar-refractivity contribution in [1.82, 2.24) is 9.78 Å². The highest BCUT2D eigenvalue weighted by molar-refractivity contribution is 6.32. The predicted molar refractivity (Wildman–Crippen MR) is 80.9 cm³/mol. The minimum atomic E-state index is -0.375. The van der Waals surface area contributed by atoms with Crippen molar-refractivity contribution >= 4 is 17.3 Å². The van der Waals surface area contributed by atoms with E-state index in [0.717, 1.165) is 10.2 Å². The van der Waals surface area contributed by atoms with Crippen LogP contribution < -0.4 is 10.9 Å². The quantitative estimate of drug-likeness (QED) is 0.863. The Morgan fingerprint density at radius 1 is 1.48 bits per heavy atom. The number of nitrogens with one attached hydrogen (secondary N) is 1. The monoisotopic (exact) mass is 305 g/mol. The average Bonchev–Trinajstić information content (AvgIpc) is 2.46. The summed E-state index contributed by atoms with van der Waals surface area (Å²) in [5.74, 6) is 2.06. The van der Waals surface area contributed by atoms with Gasteiger partial charge in [-0.1, -0.05) is 29.7 Å². The van der Waals surface area contributed by atoms with Gasteiger partial charge in [0.25, 0.3) is 5.56 Å². The smallest absolute Gasteiger partial charge is 0.292 e. The highest BCUT2D eigenvalue weighted by atomic mass is 35.5. The third-order valence-corrected chi connectivity index (χ3v) is 3.13. The number of benzene rings is 1. The summed E-state index contributed by atoms with van der Waals surface area (Å²) in [6, 6.07) is 6.29. The summed E-state index contributed by atoms with van der Waals surface area (Å²) in [5.41, 5.74) is 0.703. The Morgan fingerprint density at radius 3 is 3.00 bits per heavy atom. The summed E-state index contributed by atoms with van der Waals surface area (Å²) in [5, 5.41) is 7.03. The lowest BCUT2D eigenvalue weighted by atomic mass is 10.1. The van der Waals surface area contributed by atoms with Gasteiger partial charge in [-0.05, 0) is 24.1 Å². The van der Waals surface area contributed by atoms with Gasteiger partial charge in [-0.3, -0.25) is 4.79 Å². The normalized spacial score (nSPS) is 10.1. The van der Waals surface area contributed by atoms with E-state index in [0.29, 0.717) is 13.0 Å². The van der Waals surface area contributed by atoms with Crippen LogP contribution >= 0.6 is 11.6 Å². The maximum Gasteiger partial charge on any atom is 0.292 e. The van der Waals surface area contributed by atoms with E-state index < -0.39 is 0 Å². The molecule has 6 heteroatoms. The molecular weight excluding hydrogens is 293 g/mol. The second-order valence-electron chi connectivity index (χ2n) is 4.34. The van der Waals surface area contributed by atoms with Crippen LogP contribution in [-0.4, -0.2) is 16.3 Å². The number of anilines is 1. The van der Waals surface area contributed by atoms with E-state index in [-0.39, 0.29) is 28.6 Å². The molecule has 0 bridgehead atoms. The topological polar surface area (TPSA) is 46.9 Å². The number of hydrogen-bond acceptors (Lipinski definition) is 3. The summed E-state index contributed by atoms with van der Waals surface area (Å²) in [6.45, 7) is 0.521. The Kier molecular flexibility index (Phi) is 4.96. The van der Waals surface area contributed by atoms with Crippen molar-refractivity contribution in [2.75, 3.05) is 11.9 Å². The molecular formula is C15H13ClFN3O. The number of terminal acetylenes is 1. The second-order valence-corrected chi connectivity index (χ2v) is 4.75. The molecule has 1 N–H and O–H groups in total. The summed E-state index contributed by atoms with van der Waals surface area (Å²) < 4.78 is 14.2. The Hall–Kier alpha value is -2.32. The van der Waals surface area contributed by atoms with Crippen molar-refractivity contribution in [2.45, 2.75) is 13.0 Å². The van der Waals surface area contributed by atoms with Crippen LogP contribution in [0.15, 0.2) is 35.3 Å². The first kappa shape index (κ1) is 15.1. The van der Waals surface area contributed by atoms with Crippen molar-refractivity contribution in [3.8, 4) is 12.3 Å². The van der Waals surface area contributed by atoms with Crippen LogP contribution in [0.3, 0.4) is 0 Å². The van der Waals surface area contributed by atoms with E-state index in [1.54, 1.807) is 6.07 Å². The van der Waals surface area contributed by atoms with Crippen LogP contribution in [0.2, 0.25) is 5.02 Å². The van der Waals surface area contributed by atoms with Gasteiger partial charge >= 0.3 is 0 Å². The molecule has 1 heterocycles. The SMILES string of the molecule is C#CCn1ncc(Cl)c(NCCc2cccc(F)c2)c1=O. The lowest BCUT2D eigenvalue weighted by molar-refractivity contribution is 0.625. The molecule has 4 nitrogen and oxygen atoms in total. The first-order chi connectivity index (χ1) is 10.1. The van der Waals surface area contributed by atoms with E-state index in [2.05, 4.69) is 16.3 Å².